The summed E-state index contributed by atoms with van der Waals surface area (Å²) in [6.45, 7) is 2.43. The molecule has 1 aromatic rings. The molecule has 0 radical (unpaired) electrons. The van der Waals surface area contributed by atoms with Crippen LogP contribution < -0.4 is 10.2 Å². The number of anilines is 1. The summed E-state index contributed by atoms with van der Waals surface area (Å²) in [5.74, 6) is -1.14. The number of nitrogens with zero attached hydrogens (tertiary/aromatic N) is 3. The van der Waals surface area contributed by atoms with Crippen molar-refractivity contribution >= 4 is 17.8 Å². The number of carbonyl (C=O) groups is 2. The van der Waals surface area contributed by atoms with Crippen LogP contribution in [0, 0.1) is 5.92 Å². The maximum absolute atomic E-state index is 12.2. The summed E-state index contributed by atoms with van der Waals surface area (Å²) in [5, 5.41) is 11.5. The summed E-state index contributed by atoms with van der Waals surface area (Å²) >= 11 is 0. The average molecular weight is 278 g/mol. The molecule has 2 N–H and O–H groups in total. The van der Waals surface area contributed by atoms with E-state index in [4.69, 9.17) is 5.11 Å². The first kappa shape index (κ1) is 14.2. The Bertz CT molecular complexity index is 480. The molecule has 1 fully saturated rings. The summed E-state index contributed by atoms with van der Waals surface area (Å²) in [5.41, 5.74) is 0. The van der Waals surface area contributed by atoms with Gasteiger partial charge < -0.3 is 15.3 Å². The zero-order valence-corrected chi connectivity index (χ0v) is 11.3. The van der Waals surface area contributed by atoms with Crippen LogP contribution in [-0.4, -0.2) is 46.1 Å². The molecule has 1 aliphatic rings. The zero-order valence-electron chi connectivity index (χ0n) is 11.3. The van der Waals surface area contributed by atoms with Crippen LogP contribution in [0.2, 0.25) is 0 Å². The van der Waals surface area contributed by atoms with E-state index in [2.05, 4.69) is 15.3 Å². The Kier molecular flexibility index (Phi) is 4.49. The smallest absolute Gasteiger partial charge is 0.308 e. The van der Waals surface area contributed by atoms with Crippen molar-refractivity contribution < 1.29 is 14.7 Å². The minimum Gasteiger partial charge on any atom is -0.481 e. The van der Waals surface area contributed by atoms with Gasteiger partial charge in [0.05, 0.1) is 5.92 Å². The molecule has 0 aliphatic carbocycles. The van der Waals surface area contributed by atoms with Crippen molar-refractivity contribution in [1.82, 2.24) is 15.3 Å². The lowest BCUT2D eigenvalue weighted by Gasteiger charge is -2.23. The molecular weight excluding hydrogens is 260 g/mol. The average Bonchev–Trinajstić information content (AvgIpc) is 2.94. The highest BCUT2D eigenvalue weighted by Crippen LogP contribution is 2.21. The van der Waals surface area contributed by atoms with Crippen LogP contribution in [0.15, 0.2) is 18.5 Å². The van der Waals surface area contributed by atoms with E-state index in [1.807, 2.05) is 4.90 Å². The second-order valence-corrected chi connectivity index (χ2v) is 4.88. The number of amides is 1. The molecule has 1 amide bonds. The Morgan fingerprint density at radius 2 is 2.20 bits per heavy atom. The first-order valence-corrected chi connectivity index (χ1v) is 6.63. The lowest BCUT2D eigenvalue weighted by Crippen LogP contribution is -2.45. The van der Waals surface area contributed by atoms with E-state index in [0.717, 1.165) is 19.4 Å². The third-order valence-electron chi connectivity index (χ3n) is 3.37. The van der Waals surface area contributed by atoms with Crippen molar-refractivity contribution in [3.8, 4) is 0 Å². The number of carboxylic acid groups (broad SMARTS) is 1. The van der Waals surface area contributed by atoms with Crippen LogP contribution >= 0.6 is 0 Å². The monoisotopic (exact) mass is 278 g/mol. The Labute approximate surface area is 117 Å². The summed E-state index contributed by atoms with van der Waals surface area (Å²) in [6, 6.07) is 1.40. The lowest BCUT2D eigenvalue weighted by atomic mass is 10.1. The molecule has 7 heteroatoms. The molecule has 1 aliphatic heterocycles. The van der Waals surface area contributed by atoms with Gasteiger partial charge in [0.1, 0.15) is 6.04 Å². The first-order chi connectivity index (χ1) is 9.59. The van der Waals surface area contributed by atoms with E-state index in [1.54, 1.807) is 25.4 Å². The molecule has 0 bridgehead atoms. The van der Waals surface area contributed by atoms with Crippen molar-refractivity contribution in [3.63, 3.8) is 0 Å². The third kappa shape index (κ3) is 3.23. The number of aliphatic carboxylic acids is 1. The van der Waals surface area contributed by atoms with Gasteiger partial charge >= 0.3 is 5.97 Å². The minimum absolute atomic E-state index is 0.133. The van der Waals surface area contributed by atoms with Crippen molar-refractivity contribution in [2.24, 2.45) is 5.92 Å². The van der Waals surface area contributed by atoms with Crippen LogP contribution in [0.3, 0.4) is 0 Å². The van der Waals surface area contributed by atoms with Gasteiger partial charge in [0, 0.05) is 25.5 Å². The van der Waals surface area contributed by atoms with Gasteiger partial charge in [-0.25, -0.2) is 9.97 Å². The molecule has 108 valence electrons. The highest BCUT2D eigenvalue weighted by molar-refractivity contribution is 5.85. The van der Waals surface area contributed by atoms with Crippen molar-refractivity contribution in [1.29, 1.82) is 0 Å². The third-order valence-corrected chi connectivity index (χ3v) is 3.37. The molecule has 0 spiro atoms. The van der Waals surface area contributed by atoms with Crippen molar-refractivity contribution in [2.45, 2.75) is 25.8 Å². The van der Waals surface area contributed by atoms with Crippen LogP contribution in [-0.2, 0) is 9.59 Å². The fourth-order valence-electron chi connectivity index (χ4n) is 2.18. The van der Waals surface area contributed by atoms with Crippen LogP contribution in [0.25, 0.3) is 0 Å². The van der Waals surface area contributed by atoms with E-state index in [1.165, 1.54) is 0 Å². The number of carbonyl (C=O) groups excluding carboxylic acids is 1. The number of nitrogens with one attached hydrogen (secondary N) is 1. The molecule has 0 saturated carbocycles. The molecule has 0 aromatic carbocycles. The number of hydrogen-bond acceptors (Lipinski definition) is 5. The molecule has 2 atom stereocenters. The second kappa shape index (κ2) is 6.31. The van der Waals surface area contributed by atoms with Gasteiger partial charge in [0.2, 0.25) is 11.9 Å². The molecular formula is C13H18N4O3. The molecule has 2 rings (SSSR count). The van der Waals surface area contributed by atoms with Gasteiger partial charge in [-0.1, -0.05) is 6.92 Å². The number of carboxylic acids is 1. The van der Waals surface area contributed by atoms with Gasteiger partial charge in [-0.15, -0.1) is 0 Å². The van der Waals surface area contributed by atoms with Gasteiger partial charge in [-0.3, -0.25) is 9.59 Å². The Morgan fingerprint density at radius 1 is 1.50 bits per heavy atom. The maximum Gasteiger partial charge on any atom is 0.308 e. The molecule has 1 aromatic heterocycles. The fraction of sp³-hybridized carbons (Fsp3) is 0.538. The minimum atomic E-state index is -0.917. The Hall–Kier alpha value is -2.18. The quantitative estimate of drug-likeness (QED) is 0.803. The van der Waals surface area contributed by atoms with E-state index in [-0.39, 0.29) is 18.5 Å². The van der Waals surface area contributed by atoms with E-state index in [9.17, 15) is 9.59 Å². The van der Waals surface area contributed by atoms with E-state index < -0.39 is 11.9 Å². The normalized spacial score (nSPS) is 19.6. The van der Waals surface area contributed by atoms with E-state index in [0.29, 0.717) is 5.95 Å². The van der Waals surface area contributed by atoms with Gasteiger partial charge in [-0.05, 0) is 18.9 Å². The predicted octanol–water partition coefficient (Wildman–Crippen LogP) is 0.282. The fourth-order valence-corrected chi connectivity index (χ4v) is 2.18. The van der Waals surface area contributed by atoms with Crippen molar-refractivity contribution in [3.05, 3.63) is 18.5 Å². The number of aromatic nitrogens is 2. The number of hydrogen-bond donors (Lipinski definition) is 2. The molecule has 2 heterocycles. The SMILES string of the molecule is CC(CNC(=O)C1CCCN1c1ncccn1)C(=O)O. The van der Waals surface area contributed by atoms with Crippen LogP contribution in [0.5, 0.6) is 0 Å². The standard InChI is InChI=1S/C13H18N4O3/c1-9(12(19)20)8-16-11(18)10-4-2-7-17(10)13-14-5-3-6-15-13/h3,5-6,9-10H,2,4,7-8H2,1H3,(H,16,18)(H,19,20). The second-order valence-electron chi connectivity index (χ2n) is 4.88. The van der Waals surface area contributed by atoms with E-state index >= 15 is 0 Å². The largest absolute Gasteiger partial charge is 0.481 e. The highest BCUT2D eigenvalue weighted by Gasteiger charge is 2.32. The summed E-state index contributed by atoms with van der Waals surface area (Å²) < 4.78 is 0. The van der Waals surface area contributed by atoms with Crippen LogP contribution in [0.1, 0.15) is 19.8 Å². The lowest BCUT2D eigenvalue weighted by molar-refractivity contribution is -0.141. The molecule has 2 unspecified atom stereocenters. The molecule has 1 saturated heterocycles. The zero-order chi connectivity index (χ0) is 14.5. The Morgan fingerprint density at radius 3 is 2.85 bits per heavy atom. The van der Waals surface area contributed by atoms with Crippen molar-refractivity contribution in [2.75, 3.05) is 18.0 Å². The molecule has 20 heavy (non-hydrogen) atoms. The Balaban J connectivity index is 1.97. The van der Waals surface area contributed by atoms with Crippen LogP contribution in [0.4, 0.5) is 5.95 Å². The summed E-state index contributed by atoms with van der Waals surface area (Å²) in [4.78, 5) is 33.1. The van der Waals surface area contributed by atoms with Gasteiger partial charge in [0.15, 0.2) is 0 Å². The van der Waals surface area contributed by atoms with Gasteiger partial charge in [-0.2, -0.15) is 0 Å². The summed E-state index contributed by atoms with van der Waals surface area (Å²) in [6.07, 6.45) is 4.90. The predicted molar refractivity (Wildman–Crippen MR) is 72.2 cm³/mol. The summed E-state index contributed by atoms with van der Waals surface area (Å²) in [7, 11) is 0. The van der Waals surface area contributed by atoms with Gasteiger partial charge in [0.25, 0.3) is 0 Å². The maximum atomic E-state index is 12.2. The topological polar surface area (TPSA) is 95.4 Å². The number of rotatable bonds is 5. The molecule has 7 nitrogen and oxygen atoms in total. The highest BCUT2D eigenvalue weighted by atomic mass is 16.4. The first-order valence-electron chi connectivity index (χ1n) is 6.63.